The van der Waals surface area contributed by atoms with Crippen LogP contribution in [-0.4, -0.2) is 59.7 Å². The van der Waals surface area contributed by atoms with Gasteiger partial charge in [0.2, 0.25) is 10.0 Å². The highest BCUT2D eigenvalue weighted by atomic mass is 32.2. The fourth-order valence-electron chi connectivity index (χ4n) is 3.18. The molecule has 0 saturated carbocycles. The van der Waals surface area contributed by atoms with Crippen LogP contribution < -0.4 is 5.43 Å². The fourth-order valence-corrected chi connectivity index (χ4v) is 4.75. The Morgan fingerprint density at radius 2 is 1.91 bits per heavy atom. The predicted molar refractivity (Wildman–Crippen MR) is 117 cm³/mol. The van der Waals surface area contributed by atoms with Crippen molar-refractivity contribution in [2.24, 2.45) is 5.10 Å². The first kappa shape index (κ1) is 21.6. The minimum Gasteiger partial charge on any atom is -0.379 e. The molecule has 1 saturated heterocycles. The molecular formula is C20H20N6O5S. The summed E-state index contributed by atoms with van der Waals surface area (Å²) in [6.07, 6.45) is 6.74. The summed E-state index contributed by atoms with van der Waals surface area (Å²) in [6, 6.07) is 11.1. The van der Waals surface area contributed by atoms with Gasteiger partial charge >= 0.3 is 0 Å². The van der Waals surface area contributed by atoms with Gasteiger partial charge in [0.25, 0.3) is 5.69 Å². The Hall–Kier alpha value is -3.61. The van der Waals surface area contributed by atoms with Crippen LogP contribution in [0.3, 0.4) is 0 Å². The number of morpholine rings is 1. The minimum absolute atomic E-state index is 0.147. The molecule has 11 nitrogen and oxygen atoms in total. The highest BCUT2D eigenvalue weighted by Crippen LogP contribution is 2.29. The maximum Gasteiger partial charge on any atom is 0.270 e. The number of imidazole rings is 1. The predicted octanol–water partition coefficient (Wildman–Crippen LogP) is 2.25. The van der Waals surface area contributed by atoms with Crippen molar-refractivity contribution >= 4 is 27.6 Å². The van der Waals surface area contributed by atoms with Crippen LogP contribution in [0.5, 0.6) is 0 Å². The summed E-state index contributed by atoms with van der Waals surface area (Å²) >= 11 is 0. The van der Waals surface area contributed by atoms with Crippen molar-refractivity contribution in [2.45, 2.75) is 4.90 Å². The molecule has 12 heteroatoms. The average Bonchev–Trinajstić information content (AvgIpc) is 3.35. The second-order valence-electron chi connectivity index (χ2n) is 6.89. The van der Waals surface area contributed by atoms with Gasteiger partial charge in [0.15, 0.2) is 0 Å². The lowest BCUT2D eigenvalue weighted by atomic mass is 10.2. The second kappa shape index (κ2) is 9.26. The number of nitrogens with zero attached hydrogens (tertiary/aromatic N) is 5. The number of ether oxygens (including phenoxy) is 1. The summed E-state index contributed by atoms with van der Waals surface area (Å²) in [5, 5.41) is 15.3. The number of nitrogens with one attached hydrogen (secondary N) is 1. The standard InChI is InChI=1S/C20H20N6O5S/c27-26(28)18-5-6-19(20(13-18)32(29,30)25-9-11-31-12-10-25)23-22-14-16-1-3-17(4-2-16)24-8-7-21-15-24/h1-8,13-15,23H,9-12H2/b22-14+. The number of hydrogen-bond acceptors (Lipinski definition) is 8. The van der Waals surface area contributed by atoms with Crippen LogP contribution >= 0.6 is 0 Å². The van der Waals surface area contributed by atoms with Crippen molar-refractivity contribution in [1.82, 2.24) is 13.9 Å². The van der Waals surface area contributed by atoms with Crippen LogP contribution in [0.2, 0.25) is 0 Å². The highest BCUT2D eigenvalue weighted by molar-refractivity contribution is 7.89. The maximum atomic E-state index is 13.1. The molecule has 0 unspecified atom stereocenters. The van der Waals surface area contributed by atoms with Gasteiger partial charge in [-0.2, -0.15) is 9.41 Å². The Bertz CT molecular complexity index is 1220. The number of nitro groups is 1. The molecule has 0 radical (unpaired) electrons. The lowest BCUT2D eigenvalue weighted by Gasteiger charge is -2.26. The van der Waals surface area contributed by atoms with Crippen molar-refractivity contribution < 1.29 is 18.1 Å². The van der Waals surface area contributed by atoms with Crippen LogP contribution in [0, 0.1) is 10.1 Å². The molecule has 166 valence electrons. The van der Waals surface area contributed by atoms with Gasteiger partial charge in [0.05, 0.1) is 36.4 Å². The molecule has 0 amide bonds. The maximum absolute atomic E-state index is 13.1. The lowest BCUT2D eigenvalue weighted by Crippen LogP contribution is -2.40. The summed E-state index contributed by atoms with van der Waals surface area (Å²) in [5.41, 5.74) is 4.25. The fraction of sp³-hybridized carbons (Fsp3) is 0.200. The SMILES string of the molecule is O=[N+]([O-])c1ccc(N/N=C/c2ccc(-n3ccnc3)cc2)c(S(=O)(=O)N2CCOCC2)c1. The molecule has 1 aliphatic heterocycles. The highest BCUT2D eigenvalue weighted by Gasteiger charge is 2.30. The van der Waals surface area contributed by atoms with Gasteiger partial charge in [-0.1, -0.05) is 12.1 Å². The van der Waals surface area contributed by atoms with Crippen molar-refractivity contribution in [3.05, 3.63) is 76.9 Å². The smallest absolute Gasteiger partial charge is 0.270 e. The molecule has 32 heavy (non-hydrogen) atoms. The molecule has 0 aliphatic carbocycles. The summed E-state index contributed by atoms with van der Waals surface area (Å²) in [5.74, 6) is 0. The number of non-ortho nitro benzene ring substituents is 1. The van der Waals surface area contributed by atoms with Gasteiger partial charge in [-0.25, -0.2) is 13.4 Å². The Labute approximate surface area is 184 Å². The summed E-state index contributed by atoms with van der Waals surface area (Å²) in [6.45, 7) is 0.891. The third kappa shape index (κ3) is 4.66. The van der Waals surface area contributed by atoms with Crippen molar-refractivity contribution in [2.75, 3.05) is 31.7 Å². The first-order chi connectivity index (χ1) is 15.4. The number of hydrogen-bond donors (Lipinski definition) is 1. The zero-order valence-electron chi connectivity index (χ0n) is 16.9. The van der Waals surface area contributed by atoms with Crippen molar-refractivity contribution in [3.8, 4) is 5.69 Å². The third-order valence-electron chi connectivity index (χ3n) is 4.86. The van der Waals surface area contributed by atoms with E-state index >= 15 is 0 Å². The Morgan fingerprint density at radius 3 is 2.56 bits per heavy atom. The van der Waals surface area contributed by atoms with E-state index in [1.165, 1.54) is 22.7 Å². The van der Waals surface area contributed by atoms with E-state index < -0.39 is 14.9 Å². The summed E-state index contributed by atoms with van der Waals surface area (Å²) in [4.78, 5) is 14.4. The lowest BCUT2D eigenvalue weighted by molar-refractivity contribution is -0.385. The molecule has 1 N–H and O–H groups in total. The molecule has 3 aromatic rings. The van der Waals surface area contributed by atoms with Gasteiger partial charge in [-0.15, -0.1) is 0 Å². The third-order valence-corrected chi connectivity index (χ3v) is 6.80. The van der Waals surface area contributed by atoms with Gasteiger partial charge < -0.3 is 9.30 Å². The number of anilines is 1. The normalized spacial score (nSPS) is 15.1. The van der Waals surface area contributed by atoms with Gasteiger partial charge in [-0.05, 0) is 23.8 Å². The summed E-state index contributed by atoms with van der Waals surface area (Å²) in [7, 11) is -3.97. The average molecular weight is 456 g/mol. The van der Waals surface area contributed by atoms with Crippen molar-refractivity contribution in [1.29, 1.82) is 0 Å². The van der Waals surface area contributed by atoms with Crippen LogP contribution in [0.25, 0.3) is 5.69 Å². The van der Waals surface area contributed by atoms with E-state index in [1.54, 1.807) is 12.5 Å². The topological polar surface area (TPSA) is 132 Å². The Kier molecular flexibility index (Phi) is 6.25. The van der Waals surface area contributed by atoms with E-state index in [-0.39, 0.29) is 42.6 Å². The van der Waals surface area contributed by atoms with Crippen LogP contribution in [0.15, 0.2) is 71.2 Å². The molecule has 4 rings (SSSR count). The van der Waals surface area contributed by atoms with Gasteiger partial charge in [-0.3, -0.25) is 15.5 Å². The molecule has 1 fully saturated rings. The largest absolute Gasteiger partial charge is 0.379 e. The van der Waals surface area contributed by atoms with E-state index in [0.717, 1.165) is 17.3 Å². The quantitative estimate of drug-likeness (QED) is 0.328. The summed E-state index contributed by atoms with van der Waals surface area (Å²) < 4.78 is 34.5. The number of nitro benzene ring substituents is 1. The molecule has 1 aliphatic rings. The number of hydrazone groups is 1. The molecule has 2 aromatic carbocycles. The van der Waals surface area contributed by atoms with E-state index in [4.69, 9.17) is 4.74 Å². The first-order valence-electron chi connectivity index (χ1n) is 9.69. The molecular weight excluding hydrogens is 436 g/mol. The minimum atomic E-state index is -3.97. The molecule has 0 bridgehead atoms. The molecule has 0 atom stereocenters. The van der Waals surface area contributed by atoms with Crippen LogP contribution in [0.4, 0.5) is 11.4 Å². The number of benzene rings is 2. The van der Waals surface area contributed by atoms with Gasteiger partial charge in [0.1, 0.15) is 4.90 Å². The van der Waals surface area contributed by atoms with Crippen molar-refractivity contribution in [3.63, 3.8) is 0 Å². The van der Waals surface area contributed by atoms with E-state index in [2.05, 4.69) is 15.5 Å². The first-order valence-corrected chi connectivity index (χ1v) is 11.1. The molecule has 1 aromatic heterocycles. The Balaban J connectivity index is 1.57. The van der Waals surface area contributed by atoms with E-state index in [9.17, 15) is 18.5 Å². The van der Waals surface area contributed by atoms with Gasteiger partial charge in [0, 0.05) is 43.3 Å². The van der Waals surface area contributed by atoms with E-state index in [0.29, 0.717) is 0 Å². The zero-order valence-corrected chi connectivity index (χ0v) is 17.7. The van der Waals surface area contributed by atoms with Crippen LogP contribution in [-0.2, 0) is 14.8 Å². The second-order valence-corrected chi connectivity index (χ2v) is 8.79. The Morgan fingerprint density at radius 1 is 1.16 bits per heavy atom. The molecule has 0 spiro atoms. The molecule has 2 heterocycles. The number of rotatable bonds is 7. The number of aromatic nitrogens is 2. The zero-order chi connectivity index (χ0) is 22.6. The monoisotopic (exact) mass is 456 g/mol. The number of sulfonamides is 1. The van der Waals surface area contributed by atoms with E-state index in [1.807, 2.05) is 35.0 Å². The van der Waals surface area contributed by atoms with Crippen LogP contribution in [0.1, 0.15) is 5.56 Å².